The molecule has 3 rings (SSSR count). The Kier molecular flexibility index (Phi) is 8.54. The molecule has 210 valence electrons. The predicted molar refractivity (Wildman–Crippen MR) is 146 cm³/mol. The highest BCUT2D eigenvalue weighted by Gasteiger charge is 2.30. The SMILES string of the molecule is COc1c(C(=O)Nc2ccc(N(COC(C)=O)S(C)(=O)=O)cc2)cc(N2CCC(=O)NC2=O)cc1C(C)(C)C. The first-order valence-corrected chi connectivity index (χ1v) is 13.8. The van der Waals surface area contributed by atoms with Gasteiger partial charge < -0.3 is 14.8 Å². The van der Waals surface area contributed by atoms with Crippen LogP contribution in [0, 0.1) is 0 Å². The fourth-order valence-electron chi connectivity index (χ4n) is 3.95. The van der Waals surface area contributed by atoms with Gasteiger partial charge in [-0.3, -0.25) is 24.6 Å². The number of rotatable bonds is 8. The molecule has 0 spiro atoms. The highest BCUT2D eigenvalue weighted by Crippen LogP contribution is 2.38. The Labute approximate surface area is 227 Å². The fraction of sp³-hybridized carbons (Fsp3) is 0.385. The number of methoxy groups -OCH3 is 1. The van der Waals surface area contributed by atoms with Crippen LogP contribution >= 0.6 is 0 Å². The number of esters is 1. The molecule has 13 heteroatoms. The zero-order valence-electron chi connectivity index (χ0n) is 22.7. The van der Waals surface area contributed by atoms with E-state index in [4.69, 9.17) is 9.47 Å². The van der Waals surface area contributed by atoms with E-state index in [1.807, 2.05) is 20.8 Å². The zero-order chi connectivity index (χ0) is 29.1. The molecule has 0 atom stereocenters. The molecule has 12 nitrogen and oxygen atoms in total. The van der Waals surface area contributed by atoms with Gasteiger partial charge in [0.15, 0.2) is 6.73 Å². The molecule has 0 bridgehead atoms. The average Bonchev–Trinajstić information content (AvgIpc) is 2.82. The van der Waals surface area contributed by atoms with E-state index >= 15 is 0 Å². The smallest absolute Gasteiger partial charge is 0.328 e. The second-order valence-corrected chi connectivity index (χ2v) is 11.9. The lowest BCUT2D eigenvalue weighted by molar-refractivity contribution is -0.140. The summed E-state index contributed by atoms with van der Waals surface area (Å²) in [5.74, 6) is -1.20. The molecule has 1 heterocycles. The van der Waals surface area contributed by atoms with E-state index in [9.17, 15) is 27.6 Å². The van der Waals surface area contributed by atoms with E-state index in [1.54, 1.807) is 6.07 Å². The van der Waals surface area contributed by atoms with Crippen molar-refractivity contribution in [3.8, 4) is 5.75 Å². The van der Waals surface area contributed by atoms with Crippen LogP contribution in [0.5, 0.6) is 5.75 Å². The number of urea groups is 1. The van der Waals surface area contributed by atoms with E-state index in [0.717, 1.165) is 10.6 Å². The maximum atomic E-state index is 13.5. The minimum absolute atomic E-state index is 0.123. The van der Waals surface area contributed by atoms with Gasteiger partial charge in [0.1, 0.15) is 5.75 Å². The molecule has 39 heavy (non-hydrogen) atoms. The number of nitrogens with zero attached hydrogens (tertiary/aromatic N) is 2. The molecule has 0 radical (unpaired) electrons. The Morgan fingerprint density at radius 3 is 2.28 bits per heavy atom. The summed E-state index contributed by atoms with van der Waals surface area (Å²) in [6.45, 7) is 6.67. The summed E-state index contributed by atoms with van der Waals surface area (Å²) in [6.07, 6.45) is 1.11. The topological polar surface area (TPSA) is 151 Å². The third-order valence-corrected chi connectivity index (χ3v) is 7.01. The van der Waals surface area contributed by atoms with Crippen molar-refractivity contribution in [1.82, 2.24) is 5.32 Å². The molecule has 0 aliphatic carbocycles. The van der Waals surface area contributed by atoms with Crippen molar-refractivity contribution >= 4 is 50.9 Å². The lowest BCUT2D eigenvalue weighted by Gasteiger charge is -2.30. The summed E-state index contributed by atoms with van der Waals surface area (Å²) >= 11 is 0. The Morgan fingerprint density at radius 2 is 1.77 bits per heavy atom. The van der Waals surface area contributed by atoms with E-state index in [-0.39, 0.29) is 30.1 Å². The van der Waals surface area contributed by atoms with Crippen LogP contribution < -0.4 is 24.6 Å². The molecule has 0 unspecified atom stereocenters. The molecule has 1 aliphatic rings. The Balaban J connectivity index is 1.96. The van der Waals surface area contributed by atoms with E-state index in [2.05, 4.69) is 10.6 Å². The van der Waals surface area contributed by atoms with Gasteiger partial charge in [0.25, 0.3) is 5.91 Å². The normalized spacial score (nSPS) is 13.9. The van der Waals surface area contributed by atoms with Crippen molar-refractivity contribution in [2.45, 2.75) is 39.5 Å². The molecule has 1 saturated heterocycles. The number of ether oxygens (including phenoxy) is 2. The maximum Gasteiger partial charge on any atom is 0.328 e. The summed E-state index contributed by atoms with van der Waals surface area (Å²) in [5.41, 5.74) is 1.41. The standard InChI is InChI=1S/C26H32N4O8S/c1-16(31)38-15-30(39(6,35)36)18-9-7-17(8-10-18)27-24(33)20-13-19(29-12-11-22(32)28-25(29)34)14-21(23(20)37-5)26(2,3)4/h7-10,13-14H,11-12,15H2,1-6H3,(H,27,33)(H,28,32,34). The summed E-state index contributed by atoms with van der Waals surface area (Å²) < 4.78 is 35.8. The Morgan fingerprint density at radius 1 is 1.13 bits per heavy atom. The lowest BCUT2D eigenvalue weighted by atomic mass is 9.84. The van der Waals surface area contributed by atoms with E-state index < -0.39 is 40.1 Å². The van der Waals surface area contributed by atoms with Crippen LogP contribution in [0.3, 0.4) is 0 Å². The van der Waals surface area contributed by atoms with Crippen molar-refractivity contribution in [2.24, 2.45) is 0 Å². The number of nitrogens with one attached hydrogen (secondary N) is 2. The van der Waals surface area contributed by atoms with Crippen LogP contribution in [0.15, 0.2) is 36.4 Å². The molecule has 2 N–H and O–H groups in total. The van der Waals surface area contributed by atoms with Gasteiger partial charge in [-0.1, -0.05) is 20.8 Å². The summed E-state index contributed by atoms with van der Waals surface area (Å²) in [7, 11) is -2.30. The van der Waals surface area contributed by atoms with Gasteiger partial charge in [0, 0.05) is 36.8 Å². The first-order valence-electron chi connectivity index (χ1n) is 12.0. The Bertz CT molecular complexity index is 1400. The molecule has 2 aromatic rings. The summed E-state index contributed by atoms with van der Waals surface area (Å²) in [4.78, 5) is 50.2. The van der Waals surface area contributed by atoms with Crippen LogP contribution in [0.4, 0.5) is 21.9 Å². The van der Waals surface area contributed by atoms with Gasteiger partial charge in [0.2, 0.25) is 15.9 Å². The van der Waals surface area contributed by atoms with Crippen LogP contribution in [0.2, 0.25) is 0 Å². The van der Waals surface area contributed by atoms with Gasteiger partial charge >= 0.3 is 12.0 Å². The van der Waals surface area contributed by atoms with E-state index in [0.29, 0.717) is 22.7 Å². The molecule has 2 aromatic carbocycles. The van der Waals surface area contributed by atoms with Crippen LogP contribution in [-0.4, -0.2) is 58.9 Å². The average molecular weight is 561 g/mol. The van der Waals surface area contributed by atoms with Crippen LogP contribution in [0.1, 0.15) is 50.0 Å². The third-order valence-electron chi connectivity index (χ3n) is 5.89. The van der Waals surface area contributed by atoms with Gasteiger partial charge in [-0.15, -0.1) is 0 Å². The Hall–Kier alpha value is -4.13. The summed E-state index contributed by atoms with van der Waals surface area (Å²) in [6, 6.07) is 8.64. The number of hydrogen-bond donors (Lipinski definition) is 2. The first kappa shape index (κ1) is 29.4. The number of benzene rings is 2. The second-order valence-electron chi connectivity index (χ2n) is 9.96. The minimum atomic E-state index is -3.75. The van der Waals surface area contributed by atoms with Crippen LogP contribution in [-0.2, 0) is 29.8 Å². The van der Waals surface area contributed by atoms with Crippen molar-refractivity contribution in [1.29, 1.82) is 0 Å². The molecular formula is C26H32N4O8S. The highest BCUT2D eigenvalue weighted by atomic mass is 32.2. The molecular weight excluding hydrogens is 528 g/mol. The molecule has 1 fully saturated rings. The van der Waals surface area contributed by atoms with Crippen molar-refractivity contribution in [2.75, 3.05) is 41.2 Å². The molecule has 0 aromatic heterocycles. The van der Waals surface area contributed by atoms with Gasteiger partial charge in [0.05, 0.1) is 24.6 Å². The number of carbonyl (C=O) groups is 4. The first-order chi connectivity index (χ1) is 18.1. The monoisotopic (exact) mass is 560 g/mol. The van der Waals surface area contributed by atoms with Crippen LogP contribution in [0.25, 0.3) is 0 Å². The molecule has 0 saturated carbocycles. The number of amides is 4. The molecule has 4 amide bonds. The number of carbonyl (C=O) groups excluding carboxylic acids is 4. The van der Waals surface area contributed by atoms with Gasteiger partial charge in [-0.25, -0.2) is 17.5 Å². The minimum Gasteiger partial charge on any atom is -0.496 e. The number of anilines is 3. The zero-order valence-corrected chi connectivity index (χ0v) is 23.5. The summed E-state index contributed by atoms with van der Waals surface area (Å²) in [5, 5.41) is 5.05. The van der Waals surface area contributed by atoms with Crippen molar-refractivity contribution in [3.63, 3.8) is 0 Å². The van der Waals surface area contributed by atoms with Gasteiger partial charge in [-0.05, 0) is 41.8 Å². The fourth-order valence-corrected chi connectivity index (χ4v) is 4.70. The van der Waals surface area contributed by atoms with Crippen molar-refractivity contribution in [3.05, 3.63) is 47.5 Å². The lowest BCUT2D eigenvalue weighted by Crippen LogP contribution is -2.49. The maximum absolute atomic E-state index is 13.5. The molecule has 1 aliphatic heterocycles. The quantitative estimate of drug-likeness (QED) is 0.369. The third kappa shape index (κ3) is 7.05. The van der Waals surface area contributed by atoms with Gasteiger partial charge in [-0.2, -0.15) is 0 Å². The largest absolute Gasteiger partial charge is 0.496 e. The van der Waals surface area contributed by atoms with Crippen molar-refractivity contribution < 1.29 is 37.1 Å². The predicted octanol–water partition coefficient (Wildman–Crippen LogP) is 2.98. The highest BCUT2D eigenvalue weighted by molar-refractivity contribution is 7.92. The number of imide groups is 1. The second kappa shape index (κ2) is 11.3. The number of sulfonamides is 1. The number of hydrogen-bond acceptors (Lipinski definition) is 8. The van der Waals surface area contributed by atoms with E-state index in [1.165, 1.54) is 49.3 Å².